The Kier molecular flexibility index (Phi) is 14.6. The molecule has 64 valence electrons. The fourth-order valence-electron chi connectivity index (χ4n) is 0.706. The van der Waals surface area contributed by atoms with Crippen LogP contribution in [0.15, 0.2) is 11.1 Å². The van der Waals surface area contributed by atoms with Crippen LogP contribution in [0.3, 0.4) is 0 Å². The predicted molar refractivity (Wildman–Crippen MR) is 57.4 cm³/mol. The molecular formula is C7H10Na2O3S. The first-order chi connectivity index (χ1) is 5.00. The van der Waals surface area contributed by atoms with E-state index in [0.717, 1.165) is 0 Å². The Hall–Kier alpha value is 1.10. The first-order valence-electron chi connectivity index (χ1n) is 3.17. The van der Waals surface area contributed by atoms with Crippen LogP contribution in [0.5, 0.6) is 0 Å². The van der Waals surface area contributed by atoms with Crippen LogP contribution in [0.2, 0.25) is 0 Å². The summed E-state index contributed by atoms with van der Waals surface area (Å²) in [5.41, 5.74) is 0.438. The first kappa shape index (κ1) is 19.6. The van der Waals surface area contributed by atoms with Gasteiger partial charge in [0.2, 0.25) is 0 Å². The number of carboxylic acid groups (broad SMARTS) is 1. The van der Waals surface area contributed by atoms with Gasteiger partial charge in [-0.25, -0.2) is 4.79 Å². The molecule has 0 aromatic heterocycles. The second kappa shape index (κ2) is 9.65. The minimum atomic E-state index is -1.03. The van der Waals surface area contributed by atoms with Crippen molar-refractivity contribution in [2.24, 2.45) is 0 Å². The Morgan fingerprint density at radius 3 is 1.77 bits per heavy atom. The summed E-state index contributed by atoms with van der Waals surface area (Å²) in [5.74, 6) is -1.03. The van der Waals surface area contributed by atoms with Crippen molar-refractivity contribution in [1.82, 2.24) is 0 Å². The van der Waals surface area contributed by atoms with Crippen molar-refractivity contribution in [3.63, 3.8) is 0 Å². The van der Waals surface area contributed by atoms with Crippen molar-refractivity contribution in [1.29, 1.82) is 0 Å². The summed E-state index contributed by atoms with van der Waals surface area (Å²) >= 11 is 4.41. The first-order valence-corrected chi connectivity index (χ1v) is 3.57. The summed E-state index contributed by atoms with van der Waals surface area (Å²) in [4.78, 5) is 10.4. The van der Waals surface area contributed by atoms with Crippen LogP contribution in [-0.4, -0.2) is 80.3 Å². The van der Waals surface area contributed by atoms with E-state index in [1.165, 1.54) is 6.92 Å². The van der Waals surface area contributed by atoms with E-state index in [2.05, 4.69) is 12.2 Å². The van der Waals surface area contributed by atoms with Crippen molar-refractivity contribution in [2.75, 3.05) is 0 Å². The summed E-state index contributed by atoms with van der Waals surface area (Å²) in [6, 6.07) is 0. The Bertz CT molecular complexity index is 226. The Balaban J connectivity index is -0.000000500. The largest absolute Gasteiger partial charge is 0.499 e. The quantitative estimate of drug-likeness (QED) is 0.422. The van der Waals surface area contributed by atoms with E-state index in [9.17, 15) is 4.79 Å². The third kappa shape index (κ3) is 7.08. The van der Waals surface area contributed by atoms with Crippen LogP contribution in [0, 0.1) is 0 Å². The number of aliphatic carboxylic acids is 1. The predicted octanol–water partition coefficient (Wildman–Crippen LogP) is 0.921. The van der Waals surface area contributed by atoms with Gasteiger partial charge in [-0.05, 0) is 25.6 Å². The van der Waals surface area contributed by atoms with Crippen LogP contribution >= 0.6 is 12.2 Å². The van der Waals surface area contributed by atoms with Crippen molar-refractivity contribution in [3.05, 3.63) is 11.1 Å². The molecule has 0 atom stereocenters. The second-order valence-corrected chi connectivity index (χ2v) is 2.45. The molecule has 0 aromatic carbocycles. The van der Waals surface area contributed by atoms with Crippen LogP contribution < -0.4 is 0 Å². The zero-order valence-electron chi connectivity index (χ0n) is 8.42. The molecule has 0 rings (SSSR count). The number of hydrogen-bond acceptors (Lipinski definition) is 2. The molecular weight excluding hydrogens is 210 g/mol. The van der Waals surface area contributed by atoms with E-state index in [4.69, 9.17) is 10.2 Å². The van der Waals surface area contributed by atoms with Gasteiger partial charge in [-0.1, -0.05) is 6.92 Å². The van der Waals surface area contributed by atoms with Gasteiger partial charge in [-0.2, -0.15) is 0 Å². The molecule has 0 spiro atoms. The normalized spacial score (nSPS) is 10.3. The molecule has 0 saturated heterocycles. The van der Waals surface area contributed by atoms with Crippen LogP contribution in [0.4, 0.5) is 0 Å². The molecule has 0 saturated carbocycles. The van der Waals surface area contributed by atoms with Crippen LogP contribution in [-0.2, 0) is 4.79 Å². The molecule has 13 heavy (non-hydrogen) atoms. The van der Waals surface area contributed by atoms with Crippen LogP contribution in [0.25, 0.3) is 0 Å². The van der Waals surface area contributed by atoms with Gasteiger partial charge in [0.15, 0.2) is 5.05 Å². The molecule has 0 amide bonds. The molecule has 0 aliphatic heterocycles. The molecule has 0 bridgehead atoms. The Morgan fingerprint density at radius 1 is 1.31 bits per heavy atom. The minimum absolute atomic E-state index is 0. The van der Waals surface area contributed by atoms with Crippen molar-refractivity contribution < 1.29 is 15.0 Å². The third-order valence-corrected chi connectivity index (χ3v) is 1.69. The molecule has 0 aromatic rings. The zero-order chi connectivity index (χ0) is 9.02. The van der Waals surface area contributed by atoms with Gasteiger partial charge in [0.25, 0.3) is 0 Å². The molecule has 0 fully saturated rings. The van der Waals surface area contributed by atoms with Crippen molar-refractivity contribution >= 4 is 82.4 Å². The zero-order valence-corrected chi connectivity index (χ0v) is 13.2. The van der Waals surface area contributed by atoms with Gasteiger partial charge in [0.1, 0.15) is 0 Å². The third-order valence-electron chi connectivity index (χ3n) is 1.39. The topological polar surface area (TPSA) is 57.5 Å². The number of aliphatic hydroxyl groups excluding tert-OH is 1. The molecule has 0 heterocycles. The standard InChI is InChI=1S/C7H10O3S.2Na/c1-3-5(6(8)9)4(2)7(10)11;;/h3H2,1-2H3,(H,8,9)(H,10,11);;. The second-order valence-electron chi connectivity index (χ2n) is 2.07. The van der Waals surface area contributed by atoms with E-state index >= 15 is 0 Å². The molecule has 3 nitrogen and oxygen atoms in total. The minimum Gasteiger partial charge on any atom is -0.499 e. The van der Waals surface area contributed by atoms with E-state index in [1.807, 2.05) is 0 Å². The maximum absolute atomic E-state index is 10.4. The number of carboxylic acids is 1. The van der Waals surface area contributed by atoms with E-state index < -0.39 is 5.97 Å². The van der Waals surface area contributed by atoms with Gasteiger partial charge in [-0.3, -0.25) is 0 Å². The molecule has 2 N–H and O–H groups in total. The van der Waals surface area contributed by atoms with Crippen molar-refractivity contribution in [2.45, 2.75) is 20.3 Å². The Morgan fingerprint density at radius 2 is 1.69 bits per heavy atom. The van der Waals surface area contributed by atoms with Crippen LogP contribution in [0.1, 0.15) is 20.3 Å². The monoisotopic (exact) mass is 220 g/mol. The molecule has 2 radical (unpaired) electrons. The average molecular weight is 220 g/mol. The number of hydrogen-bond donors (Lipinski definition) is 2. The number of aliphatic hydroxyl groups is 1. The molecule has 0 aliphatic carbocycles. The fraction of sp³-hybridized carbons (Fsp3) is 0.429. The number of rotatable bonds is 3. The van der Waals surface area contributed by atoms with E-state index in [1.54, 1.807) is 6.92 Å². The molecule has 6 heteroatoms. The summed E-state index contributed by atoms with van der Waals surface area (Å²) in [6.45, 7) is 3.19. The van der Waals surface area contributed by atoms with Gasteiger partial charge < -0.3 is 10.2 Å². The average Bonchev–Trinajstić information content (AvgIpc) is 1.88. The fourth-order valence-corrected chi connectivity index (χ4v) is 0.829. The number of carbonyl (C=O) groups is 1. The SMILES string of the molecule is CCC(C(=O)O)=C(C)C(O)=S.[Na].[Na]. The Labute approximate surface area is 127 Å². The summed E-state index contributed by atoms with van der Waals surface area (Å²) < 4.78 is 0. The maximum Gasteiger partial charge on any atom is 0.331 e. The molecule has 0 unspecified atom stereocenters. The molecule has 0 aliphatic rings. The van der Waals surface area contributed by atoms with Gasteiger partial charge in [0, 0.05) is 70.3 Å². The summed E-state index contributed by atoms with van der Waals surface area (Å²) in [6.07, 6.45) is 0.363. The smallest absolute Gasteiger partial charge is 0.331 e. The van der Waals surface area contributed by atoms with E-state index in [-0.39, 0.29) is 75.3 Å². The van der Waals surface area contributed by atoms with E-state index in [0.29, 0.717) is 6.42 Å². The summed E-state index contributed by atoms with van der Waals surface area (Å²) in [7, 11) is 0. The van der Waals surface area contributed by atoms with Gasteiger partial charge in [0.05, 0.1) is 0 Å². The maximum atomic E-state index is 10.4. The van der Waals surface area contributed by atoms with Crippen molar-refractivity contribution in [3.8, 4) is 0 Å². The van der Waals surface area contributed by atoms with Gasteiger partial charge in [-0.15, -0.1) is 0 Å². The van der Waals surface area contributed by atoms with Gasteiger partial charge >= 0.3 is 5.97 Å². The summed E-state index contributed by atoms with van der Waals surface area (Å²) in [5, 5.41) is 17.0. The number of thiocarbonyl (C=S) groups is 1.